The molecule has 2 aliphatic rings. The molecule has 6 aromatic carbocycles. The van der Waals surface area contributed by atoms with Crippen LogP contribution in [0.1, 0.15) is 5.56 Å². The van der Waals surface area contributed by atoms with E-state index in [2.05, 4.69) is 0 Å². The lowest BCUT2D eigenvalue weighted by molar-refractivity contribution is -0.137. The number of methoxy groups -OCH3 is 2. The molecule has 0 saturated heterocycles. The Morgan fingerprint density at radius 1 is 0.583 bits per heavy atom. The minimum atomic E-state index is -4.41. The number of hydrogen-bond acceptors (Lipinski definition) is 5. The molecule has 1 aromatic heterocycles. The number of hydrogen-bond donors (Lipinski definition) is 0. The van der Waals surface area contributed by atoms with E-state index in [9.17, 15) is 13.2 Å². The molecule has 0 spiro atoms. The van der Waals surface area contributed by atoms with E-state index in [0.717, 1.165) is 56.0 Å². The maximum atomic E-state index is 13.3. The van der Waals surface area contributed by atoms with Crippen LogP contribution in [-0.4, -0.2) is 20.9 Å². The van der Waals surface area contributed by atoms with Gasteiger partial charge in [-0.25, -0.2) is 0 Å². The van der Waals surface area contributed by atoms with E-state index in [-0.39, 0.29) is 6.71 Å². The number of ether oxygens (including phenoxy) is 4. The Kier molecular flexibility index (Phi) is 6.12. The minimum absolute atomic E-state index is 0.309. The third-order valence-corrected chi connectivity index (χ3v) is 9.28. The van der Waals surface area contributed by atoms with Gasteiger partial charge in [-0.1, -0.05) is 54.6 Å². The highest BCUT2D eigenvalue weighted by atomic mass is 19.4. The Morgan fingerprint density at radius 2 is 1.21 bits per heavy atom. The van der Waals surface area contributed by atoms with Crippen molar-refractivity contribution >= 4 is 45.0 Å². The van der Waals surface area contributed by atoms with E-state index >= 15 is 0 Å². The second-order valence-corrected chi connectivity index (χ2v) is 11.8. The number of rotatable bonds is 4. The lowest BCUT2D eigenvalue weighted by Crippen LogP contribution is -2.58. The Balaban J connectivity index is 1.27. The van der Waals surface area contributed by atoms with Gasteiger partial charge in [0.05, 0.1) is 19.8 Å². The van der Waals surface area contributed by atoms with Gasteiger partial charge < -0.3 is 23.4 Å². The molecule has 9 rings (SSSR count). The summed E-state index contributed by atoms with van der Waals surface area (Å²) in [6.45, 7) is -0.309. The lowest BCUT2D eigenvalue weighted by Gasteiger charge is -2.35. The Labute approximate surface area is 273 Å². The van der Waals surface area contributed by atoms with Crippen LogP contribution in [0, 0.1) is 0 Å². The predicted octanol–water partition coefficient (Wildman–Crippen LogP) is 8.68. The number of benzene rings is 6. The number of alkyl halides is 3. The molecule has 0 bridgehead atoms. The standard InChI is InChI=1S/C39H24BF3O5/c1-44-28-11-5-13-30-34(28)40-35-29(45-2)12-6-14-31(35)48-38-25(19-20-32(46-30)36(38)40)24-8-3-9-26-33-23(7-4-10-27(33)47-37(24)26)21-15-17-22(18-16-21)39(41,42)43/h3-20H,1-2H3. The summed E-state index contributed by atoms with van der Waals surface area (Å²) < 4.78 is 71.5. The average molecular weight is 640 g/mol. The SMILES string of the molecule is COc1cccc2c1B1c3c(OC)cccc3Oc3c(-c4cccc5c4oc4cccc(-c6ccc(C(F)(F)F)cc6)c45)ccc(c31)O2. The van der Waals surface area contributed by atoms with E-state index in [1.165, 1.54) is 12.1 Å². The van der Waals surface area contributed by atoms with E-state index in [1.54, 1.807) is 14.2 Å². The zero-order valence-electron chi connectivity index (χ0n) is 25.6. The summed E-state index contributed by atoms with van der Waals surface area (Å²) in [5.74, 6) is 4.02. The van der Waals surface area contributed by atoms with Crippen LogP contribution in [0.25, 0.3) is 44.2 Å². The number of furan rings is 1. The first-order valence-electron chi connectivity index (χ1n) is 15.3. The highest BCUT2D eigenvalue weighted by Gasteiger charge is 2.45. The Bertz CT molecular complexity index is 2410. The van der Waals surface area contributed by atoms with Gasteiger partial charge in [-0.05, 0) is 65.7 Å². The quantitative estimate of drug-likeness (QED) is 0.180. The van der Waals surface area contributed by atoms with Gasteiger partial charge in [0.1, 0.15) is 45.7 Å². The van der Waals surface area contributed by atoms with E-state index in [0.29, 0.717) is 51.2 Å². The zero-order chi connectivity index (χ0) is 32.7. The monoisotopic (exact) mass is 640 g/mol. The maximum Gasteiger partial charge on any atom is 0.416 e. The van der Waals surface area contributed by atoms with Crippen molar-refractivity contribution in [1.29, 1.82) is 0 Å². The minimum Gasteiger partial charge on any atom is -0.497 e. The van der Waals surface area contributed by atoms with Gasteiger partial charge in [-0.3, -0.25) is 0 Å². The summed E-state index contributed by atoms with van der Waals surface area (Å²) in [6.07, 6.45) is -4.41. The molecule has 0 aliphatic carbocycles. The van der Waals surface area contributed by atoms with Crippen LogP contribution in [0.4, 0.5) is 13.2 Å². The molecule has 7 aromatic rings. The maximum absolute atomic E-state index is 13.3. The van der Waals surface area contributed by atoms with Crippen LogP contribution in [0.3, 0.4) is 0 Å². The topological polar surface area (TPSA) is 50.1 Å². The fraction of sp³-hybridized carbons (Fsp3) is 0.0769. The molecule has 0 fully saturated rings. The predicted molar refractivity (Wildman–Crippen MR) is 180 cm³/mol. The molecule has 5 nitrogen and oxygen atoms in total. The molecule has 48 heavy (non-hydrogen) atoms. The number of para-hydroxylation sites is 1. The molecule has 234 valence electrons. The second-order valence-electron chi connectivity index (χ2n) is 11.8. The third kappa shape index (κ3) is 4.06. The van der Waals surface area contributed by atoms with Gasteiger partial charge in [0.25, 0.3) is 6.71 Å². The van der Waals surface area contributed by atoms with Gasteiger partial charge in [0.15, 0.2) is 0 Å². The van der Waals surface area contributed by atoms with Crippen molar-refractivity contribution in [3.8, 4) is 56.8 Å². The summed E-state index contributed by atoms with van der Waals surface area (Å²) in [4.78, 5) is 0. The van der Waals surface area contributed by atoms with Gasteiger partial charge in [0.2, 0.25) is 0 Å². The smallest absolute Gasteiger partial charge is 0.416 e. The van der Waals surface area contributed by atoms with Crippen LogP contribution < -0.4 is 35.3 Å². The summed E-state index contributed by atoms with van der Waals surface area (Å²) in [6, 6.07) is 32.2. The molecule has 3 heterocycles. The largest absolute Gasteiger partial charge is 0.497 e. The molecule has 0 amide bonds. The van der Waals surface area contributed by atoms with Crippen molar-refractivity contribution in [1.82, 2.24) is 0 Å². The lowest BCUT2D eigenvalue weighted by atomic mass is 9.34. The Morgan fingerprint density at radius 3 is 1.90 bits per heavy atom. The zero-order valence-corrected chi connectivity index (χ0v) is 25.6. The summed E-state index contributed by atoms with van der Waals surface area (Å²) in [5.41, 5.74) is 6.20. The normalized spacial score (nSPS) is 13.0. The van der Waals surface area contributed by atoms with Crippen molar-refractivity contribution in [3.05, 3.63) is 115 Å². The van der Waals surface area contributed by atoms with E-state index < -0.39 is 11.7 Å². The average Bonchev–Trinajstić information content (AvgIpc) is 3.50. The van der Waals surface area contributed by atoms with E-state index in [4.69, 9.17) is 23.4 Å². The van der Waals surface area contributed by atoms with Crippen molar-refractivity contribution < 1.29 is 36.5 Å². The van der Waals surface area contributed by atoms with Crippen LogP contribution in [0.2, 0.25) is 0 Å². The van der Waals surface area contributed by atoms with Crippen LogP contribution >= 0.6 is 0 Å². The fourth-order valence-electron chi connectivity index (χ4n) is 7.22. The van der Waals surface area contributed by atoms with Gasteiger partial charge in [0, 0.05) is 38.3 Å². The van der Waals surface area contributed by atoms with Crippen LogP contribution in [0.5, 0.6) is 34.5 Å². The first kappa shape index (κ1) is 28.4. The van der Waals surface area contributed by atoms with Crippen LogP contribution in [-0.2, 0) is 6.18 Å². The van der Waals surface area contributed by atoms with Crippen LogP contribution in [0.15, 0.2) is 114 Å². The summed E-state index contributed by atoms with van der Waals surface area (Å²) in [5, 5.41) is 1.65. The molecule has 9 heteroatoms. The molecular formula is C39H24BF3O5. The number of halogens is 3. The Hall–Kier alpha value is -5.83. The van der Waals surface area contributed by atoms with Crippen molar-refractivity contribution in [2.24, 2.45) is 0 Å². The van der Waals surface area contributed by atoms with Gasteiger partial charge in [-0.15, -0.1) is 0 Å². The summed E-state index contributed by atoms with van der Waals surface area (Å²) >= 11 is 0. The van der Waals surface area contributed by atoms with E-state index in [1.807, 2.05) is 84.9 Å². The van der Waals surface area contributed by atoms with Crippen molar-refractivity contribution in [2.75, 3.05) is 14.2 Å². The molecule has 2 aliphatic heterocycles. The first-order valence-corrected chi connectivity index (χ1v) is 15.3. The molecule has 0 unspecified atom stereocenters. The highest BCUT2D eigenvalue weighted by Crippen LogP contribution is 2.46. The molecule has 0 radical (unpaired) electrons. The van der Waals surface area contributed by atoms with Crippen molar-refractivity contribution in [2.45, 2.75) is 6.18 Å². The third-order valence-electron chi connectivity index (χ3n) is 9.28. The highest BCUT2D eigenvalue weighted by molar-refractivity contribution is 6.99. The molecule has 0 saturated carbocycles. The molecule has 0 atom stereocenters. The first-order chi connectivity index (χ1) is 23.4. The van der Waals surface area contributed by atoms with Gasteiger partial charge in [-0.2, -0.15) is 13.2 Å². The van der Waals surface area contributed by atoms with Gasteiger partial charge >= 0.3 is 6.18 Å². The molecular weight excluding hydrogens is 616 g/mol. The summed E-state index contributed by atoms with van der Waals surface area (Å²) in [7, 11) is 3.29. The fourth-order valence-corrected chi connectivity index (χ4v) is 7.22. The van der Waals surface area contributed by atoms with Crippen molar-refractivity contribution in [3.63, 3.8) is 0 Å². The second kappa shape index (κ2) is 10.3. The number of fused-ring (bicyclic) bond motifs is 7. The molecule has 0 N–H and O–H groups in total.